The summed E-state index contributed by atoms with van der Waals surface area (Å²) >= 11 is 0. The summed E-state index contributed by atoms with van der Waals surface area (Å²) in [6.07, 6.45) is -1.91. The van der Waals surface area contributed by atoms with Crippen LogP contribution in [0.15, 0.2) is 36.4 Å². The number of carbonyl (C=O) groups is 1. The third-order valence-electron chi connectivity index (χ3n) is 3.73. The molecule has 0 atom stereocenters. The number of ketones is 1. The first-order valence-electron chi connectivity index (χ1n) is 7.41. The molecule has 6 heteroatoms. The summed E-state index contributed by atoms with van der Waals surface area (Å²) in [5.74, 6) is -0.720. The predicted molar refractivity (Wildman–Crippen MR) is 88.9 cm³/mol. The quantitative estimate of drug-likeness (QED) is 0.628. The van der Waals surface area contributed by atoms with Crippen molar-refractivity contribution < 1.29 is 27.8 Å². The molecule has 132 valence electrons. The van der Waals surface area contributed by atoms with E-state index in [1.165, 1.54) is 18.2 Å². The lowest BCUT2D eigenvalue weighted by molar-refractivity contribution is -0.138. The Morgan fingerprint density at radius 2 is 1.72 bits per heavy atom. The molecule has 0 saturated carbocycles. The molecule has 0 heterocycles. The van der Waals surface area contributed by atoms with Crippen LogP contribution in [0.3, 0.4) is 0 Å². The van der Waals surface area contributed by atoms with Crippen molar-refractivity contribution in [1.82, 2.24) is 0 Å². The van der Waals surface area contributed by atoms with Gasteiger partial charge >= 0.3 is 6.18 Å². The molecular formula is C19H17F3O3. The second-order valence-corrected chi connectivity index (χ2v) is 5.61. The van der Waals surface area contributed by atoms with E-state index in [0.29, 0.717) is 16.7 Å². The summed E-state index contributed by atoms with van der Waals surface area (Å²) in [5.41, 5.74) is 0.889. The van der Waals surface area contributed by atoms with Crippen LogP contribution in [0.25, 0.3) is 6.08 Å². The molecule has 0 aromatic heterocycles. The Balaban J connectivity index is 2.32. The number of benzene rings is 2. The van der Waals surface area contributed by atoms with Crippen molar-refractivity contribution in [3.63, 3.8) is 0 Å². The van der Waals surface area contributed by atoms with E-state index >= 15 is 0 Å². The number of carbonyl (C=O) groups excluding carboxylic acids is 1. The van der Waals surface area contributed by atoms with Gasteiger partial charge < -0.3 is 9.84 Å². The van der Waals surface area contributed by atoms with Crippen molar-refractivity contribution in [3.05, 3.63) is 64.2 Å². The van der Waals surface area contributed by atoms with Gasteiger partial charge in [0, 0.05) is 5.56 Å². The number of ether oxygens (including phenoxy) is 1. The maximum atomic E-state index is 13.0. The fourth-order valence-corrected chi connectivity index (χ4v) is 2.44. The topological polar surface area (TPSA) is 46.5 Å². The average molecular weight is 350 g/mol. The third kappa shape index (κ3) is 4.21. The highest BCUT2D eigenvalue weighted by Crippen LogP contribution is 2.36. The van der Waals surface area contributed by atoms with Gasteiger partial charge in [0.05, 0.1) is 12.7 Å². The van der Waals surface area contributed by atoms with Crippen molar-refractivity contribution in [2.45, 2.75) is 20.0 Å². The highest BCUT2D eigenvalue weighted by atomic mass is 19.4. The number of aryl methyl sites for hydroxylation is 2. The minimum Gasteiger partial charge on any atom is -0.507 e. The molecule has 0 bridgehead atoms. The summed E-state index contributed by atoms with van der Waals surface area (Å²) in [6.45, 7) is 3.45. The zero-order chi connectivity index (χ0) is 18.8. The SMILES string of the molecule is COc1ccc(C(=O)C=Cc2cc(C)c(O)c(C)c2)cc1C(F)(F)F. The number of aromatic hydroxyl groups is 1. The number of rotatable bonds is 4. The van der Waals surface area contributed by atoms with Crippen LogP contribution in [0.4, 0.5) is 13.2 Å². The Hall–Kier alpha value is -2.76. The van der Waals surface area contributed by atoms with E-state index in [9.17, 15) is 23.1 Å². The lowest BCUT2D eigenvalue weighted by Gasteiger charge is -2.12. The van der Waals surface area contributed by atoms with E-state index in [2.05, 4.69) is 0 Å². The van der Waals surface area contributed by atoms with Crippen molar-refractivity contribution >= 4 is 11.9 Å². The molecule has 2 aromatic rings. The van der Waals surface area contributed by atoms with E-state index in [4.69, 9.17) is 4.74 Å². The number of phenols is 1. The number of hydrogen-bond donors (Lipinski definition) is 1. The van der Waals surface area contributed by atoms with Gasteiger partial charge in [-0.05, 0) is 66.9 Å². The van der Waals surface area contributed by atoms with Gasteiger partial charge in [0.2, 0.25) is 0 Å². The number of halogens is 3. The van der Waals surface area contributed by atoms with Gasteiger partial charge in [-0.2, -0.15) is 13.2 Å². The van der Waals surface area contributed by atoms with Crippen molar-refractivity contribution in [2.24, 2.45) is 0 Å². The Morgan fingerprint density at radius 1 is 1.12 bits per heavy atom. The molecule has 25 heavy (non-hydrogen) atoms. The fourth-order valence-electron chi connectivity index (χ4n) is 2.44. The van der Waals surface area contributed by atoms with Gasteiger partial charge in [-0.3, -0.25) is 4.79 Å². The van der Waals surface area contributed by atoms with Crippen LogP contribution in [0.1, 0.15) is 32.6 Å². The molecule has 0 spiro atoms. The van der Waals surface area contributed by atoms with Gasteiger partial charge in [0.15, 0.2) is 5.78 Å². The first kappa shape index (κ1) is 18.6. The zero-order valence-electron chi connectivity index (χ0n) is 13.9. The van der Waals surface area contributed by atoms with Crippen LogP contribution < -0.4 is 4.74 Å². The molecule has 0 unspecified atom stereocenters. The minimum atomic E-state index is -4.61. The summed E-state index contributed by atoms with van der Waals surface area (Å²) in [5, 5.41) is 9.73. The lowest BCUT2D eigenvalue weighted by Crippen LogP contribution is -2.09. The molecular weight excluding hydrogens is 333 g/mol. The molecule has 2 rings (SSSR count). The van der Waals surface area contributed by atoms with E-state index in [0.717, 1.165) is 19.2 Å². The van der Waals surface area contributed by atoms with E-state index in [1.807, 2.05) is 0 Å². The molecule has 0 aliphatic heterocycles. The van der Waals surface area contributed by atoms with Gasteiger partial charge in [-0.15, -0.1) is 0 Å². The Kier molecular flexibility index (Phi) is 5.21. The average Bonchev–Trinajstić information content (AvgIpc) is 2.55. The molecule has 0 saturated heterocycles. The molecule has 0 amide bonds. The normalized spacial score (nSPS) is 11.8. The second kappa shape index (κ2) is 7.01. The largest absolute Gasteiger partial charge is 0.507 e. The van der Waals surface area contributed by atoms with Crippen molar-refractivity contribution in [1.29, 1.82) is 0 Å². The highest BCUT2D eigenvalue weighted by Gasteiger charge is 2.34. The fraction of sp³-hybridized carbons (Fsp3) is 0.211. The molecule has 2 aromatic carbocycles. The maximum Gasteiger partial charge on any atom is 0.419 e. The van der Waals surface area contributed by atoms with Crippen LogP contribution in [0.2, 0.25) is 0 Å². The van der Waals surface area contributed by atoms with Crippen LogP contribution >= 0.6 is 0 Å². The number of phenolic OH excluding ortho intramolecular Hbond substituents is 1. The second-order valence-electron chi connectivity index (χ2n) is 5.61. The lowest BCUT2D eigenvalue weighted by atomic mass is 10.0. The van der Waals surface area contributed by atoms with Crippen LogP contribution in [0.5, 0.6) is 11.5 Å². The maximum absolute atomic E-state index is 13.0. The first-order chi connectivity index (χ1) is 11.6. The molecule has 0 fully saturated rings. The van der Waals surface area contributed by atoms with E-state index in [1.54, 1.807) is 26.0 Å². The number of allylic oxidation sites excluding steroid dienone is 1. The van der Waals surface area contributed by atoms with Gasteiger partial charge in [0.25, 0.3) is 0 Å². The molecule has 1 N–H and O–H groups in total. The number of alkyl halides is 3. The van der Waals surface area contributed by atoms with Gasteiger partial charge in [-0.25, -0.2) is 0 Å². The van der Waals surface area contributed by atoms with Crippen LogP contribution in [0, 0.1) is 13.8 Å². The third-order valence-corrected chi connectivity index (χ3v) is 3.73. The molecule has 0 radical (unpaired) electrons. The molecule has 0 aliphatic rings. The van der Waals surface area contributed by atoms with E-state index in [-0.39, 0.29) is 17.1 Å². The predicted octanol–water partition coefficient (Wildman–Crippen LogP) is 4.93. The minimum absolute atomic E-state index is 0.0865. The summed E-state index contributed by atoms with van der Waals surface area (Å²) in [7, 11) is 1.14. The summed E-state index contributed by atoms with van der Waals surface area (Å²) in [4.78, 5) is 12.2. The first-order valence-corrected chi connectivity index (χ1v) is 7.41. The molecule has 3 nitrogen and oxygen atoms in total. The number of methoxy groups -OCH3 is 1. The van der Waals surface area contributed by atoms with Crippen LogP contribution in [-0.4, -0.2) is 18.0 Å². The number of hydrogen-bond acceptors (Lipinski definition) is 3. The Labute approximate surface area is 143 Å². The zero-order valence-corrected chi connectivity index (χ0v) is 13.9. The summed E-state index contributed by atoms with van der Waals surface area (Å²) in [6, 6.07) is 6.55. The Bertz CT molecular complexity index is 813. The standard InChI is InChI=1S/C19H17F3O3/c1-11-8-13(9-12(2)18(11)24)4-6-16(23)14-5-7-17(25-3)15(10-14)19(20,21)22/h4-10,24H,1-3H3. The van der Waals surface area contributed by atoms with Crippen molar-refractivity contribution in [2.75, 3.05) is 7.11 Å². The van der Waals surface area contributed by atoms with Gasteiger partial charge in [-0.1, -0.05) is 6.08 Å². The summed E-state index contributed by atoms with van der Waals surface area (Å²) < 4.78 is 43.8. The van der Waals surface area contributed by atoms with E-state index < -0.39 is 17.5 Å². The molecule has 0 aliphatic carbocycles. The Morgan fingerprint density at radius 3 is 2.24 bits per heavy atom. The smallest absolute Gasteiger partial charge is 0.419 e. The monoisotopic (exact) mass is 350 g/mol. The highest BCUT2D eigenvalue weighted by molar-refractivity contribution is 6.07. The van der Waals surface area contributed by atoms with Gasteiger partial charge in [0.1, 0.15) is 11.5 Å². The van der Waals surface area contributed by atoms with Crippen LogP contribution in [-0.2, 0) is 6.18 Å². The van der Waals surface area contributed by atoms with Crippen molar-refractivity contribution in [3.8, 4) is 11.5 Å².